The van der Waals surface area contributed by atoms with Crippen LogP contribution in [0.4, 0.5) is 4.39 Å². The molecule has 0 saturated carbocycles. The molecule has 0 bridgehead atoms. The summed E-state index contributed by atoms with van der Waals surface area (Å²) in [6.45, 7) is 0. The first kappa shape index (κ1) is 13.0. The molecule has 0 aliphatic heterocycles. The monoisotopic (exact) mass is 288 g/mol. The lowest BCUT2D eigenvalue weighted by Crippen LogP contribution is -2.12. The van der Waals surface area contributed by atoms with Crippen LogP contribution in [0.2, 0.25) is 5.02 Å². The van der Waals surface area contributed by atoms with Crippen molar-refractivity contribution in [2.45, 2.75) is 11.8 Å². The Morgan fingerprint density at radius 2 is 1.80 bits per heavy atom. The van der Waals surface area contributed by atoms with Crippen LogP contribution in [-0.4, -0.2) is 12.1 Å². The summed E-state index contributed by atoms with van der Waals surface area (Å²) in [5.41, 5.74) is 1.80. The summed E-state index contributed by atoms with van der Waals surface area (Å²) >= 11 is 5.93. The lowest BCUT2D eigenvalue weighted by molar-refractivity contribution is -0.109. The molecule has 20 heavy (non-hydrogen) atoms. The number of benzene rings is 2. The number of carbonyl (C=O) groups excluding carboxylic acids is 2. The number of hydrogen-bond acceptors (Lipinski definition) is 2. The first-order chi connectivity index (χ1) is 9.61. The average Bonchev–Trinajstić information content (AvgIpc) is 2.72. The number of ketones is 1. The van der Waals surface area contributed by atoms with Gasteiger partial charge in [-0.2, -0.15) is 0 Å². The molecule has 1 aliphatic carbocycles. The Labute approximate surface area is 120 Å². The first-order valence-electron chi connectivity index (χ1n) is 6.16. The van der Waals surface area contributed by atoms with E-state index in [1.807, 2.05) is 0 Å². The second-order valence-corrected chi connectivity index (χ2v) is 5.22. The Morgan fingerprint density at radius 3 is 2.45 bits per heavy atom. The molecule has 0 aromatic heterocycles. The maximum Gasteiger partial charge on any atom is 0.171 e. The molecule has 0 heterocycles. The number of rotatable bonds is 2. The Hall–Kier alpha value is -2.00. The standard InChI is InChI=1S/C16H10ClFO2/c17-10-3-6-12-13(7-10)14(8-19)15(16(12)20)9-1-4-11(18)5-2-9/h1-8,14-15H. The van der Waals surface area contributed by atoms with Gasteiger partial charge in [-0.05, 0) is 41.5 Å². The third-order valence-corrected chi connectivity index (χ3v) is 3.89. The molecular formula is C16H10ClFO2. The first-order valence-corrected chi connectivity index (χ1v) is 6.54. The third-order valence-electron chi connectivity index (χ3n) is 3.66. The summed E-state index contributed by atoms with van der Waals surface area (Å²) < 4.78 is 13.0. The molecule has 0 saturated heterocycles. The summed E-state index contributed by atoms with van der Waals surface area (Å²) in [6.07, 6.45) is 0.758. The van der Waals surface area contributed by atoms with Crippen molar-refractivity contribution < 1.29 is 14.0 Å². The van der Waals surface area contributed by atoms with Crippen LogP contribution >= 0.6 is 11.6 Å². The SMILES string of the molecule is O=CC1c2cc(Cl)ccc2C(=O)C1c1ccc(F)cc1. The van der Waals surface area contributed by atoms with Crippen LogP contribution in [0.25, 0.3) is 0 Å². The molecule has 2 atom stereocenters. The van der Waals surface area contributed by atoms with Gasteiger partial charge in [-0.25, -0.2) is 4.39 Å². The van der Waals surface area contributed by atoms with E-state index in [-0.39, 0.29) is 11.6 Å². The predicted octanol–water partition coefficient (Wildman–Crippen LogP) is 3.74. The molecule has 3 rings (SSSR count). The highest BCUT2D eigenvalue weighted by Gasteiger charge is 2.40. The van der Waals surface area contributed by atoms with E-state index in [1.54, 1.807) is 30.3 Å². The predicted molar refractivity (Wildman–Crippen MR) is 73.7 cm³/mol. The molecule has 2 aromatic carbocycles. The smallest absolute Gasteiger partial charge is 0.171 e. The van der Waals surface area contributed by atoms with Crippen LogP contribution in [0.5, 0.6) is 0 Å². The van der Waals surface area contributed by atoms with E-state index in [9.17, 15) is 14.0 Å². The summed E-state index contributed by atoms with van der Waals surface area (Å²) in [7, 11) is 0. The highest BCUT2D eigenvalue weighted by molar-refractivity contribution is 6.31. The highest BCUT2D eigenvalue weighted by atomic mass is 35.5. The molecule has 0 amide bonds. The molecular weight excluding hydrogens is 279 g/mol. The van der Waals surface area contributed by atoms with E-state index < -0.39 is 11.8 Å². The van der Waals surface area contributed by atoms with Gasteiger partial charge in [0.15, 0.2) is 5.78 Å². The fourth-order valence-electron chi connectivity index (χ4n) is 2.72. The van der Waals surface area contributed by atoms with Crippen LogP contribution in [0, 0.1) is 5.82 Å². The molecule has 2 aromatic rings. The number of halogens is 2. The van der Waals surface area contributed by atoms with Gasteiger partial charge in [0.25, 0.3) is 0 Å². The molecule has 0 fully saturated rings. The van der Waals surface area contributed by atoms with E-state index in [0.29, 0.717) is 21.7 Å². The average molecular weight is 289 g/mol. The van der Waals surface area contributed by atoms with Crippen LogP contribution in [0.1, 0.15) is 33.3 Å². The van der Waals surface area contributed by atoms with Crippen molar-refractivity contribution in [3.63, 3.8) is 0 Å². The van der Waals surface area contributed by atoms with Gasteiger partial charge in [-0.15, -0.1) is 0 Å². The van der Waals surface area contributed by atoms with E-state index in [4.69, 9.17) is 11.6 Å². The number of carbonyl (C=O) groups is 2. The molecule has 0 N–H and O–H groups in total. The van der Waals surface area contributed by atoms with Gasteiger partial charge in [-0.3, -0.25) is 4.79 Å². The normalized spacial score (nSPS) is 20.8. The topological polar surface area (TPSA) is 34.1 Å². The fraction of sp³-hybridized carbons (Fsp3) is 0.125. The second-order valence-electron chi connectivity index (χ2n) is 4.79. The van der Waals surface area contributed by atoms with Crippen LogP contribution in [0.15, 0.2) is 42.5 Å². The number of Topliss-reactive ketones (excluding diaryl/α,β-unsaturated/α-hetero) is 1. The third kappa shape index (κ3) is 1.95. The minimum Gasteiger partial charge on any atom is -0.303 e. The van der Waals surface area contributed by atoms with Crippen molar-refractivity contribution >= 4 is 23.7 Å². The molecule has 2 unspecified atom stereocenters. The Morgan fingerprint density at radius 1 is 1.10 bits per heavy atom. The van der Waals surface area contributed by atoms with Crippen LogP contribution in [-0.2, 0) is 4.79 Å². The van der Waals surface area contributed by atoms with Gasteiger partial charge in [0.05, 0.1) is 11.8 Å². The highest BCUT2D eigenvalue weighted by Crippen LogP contribution is 2.43. The quantitative estimate of drug-likeness (QED) is 0.789. The van der Waals surface area contributed by atoms with Gasteiger partial charge >= 0.3 is 0 Å². The fourth-order valence-corrected chi connectivity index (χ4v) is 2.91. The van der Waals surface area contributed by atoms with Gasteiger partial charge in [-0.1, -0.05) is 23.7 Å². The minimum atomic E-state index is -0.596. The van der Waals surface area contributed by atoms with Crippen LogP contribution in [0.3, 0.4) is 0 Å². The maximum absolute atomic E-state index is 13.0. The Balaban J connectivity index is 2.12. The summed E-state index contributed by atoms with van der Waals surface area (Å²) in [4.78, 5) is 23.9. The number of aldehydes is 1. The van der Waals surface area contributed by atoms with Crippen LogP contribution < -0.4 is 0 Å². The molecule has 1 aliphatic rings. The number of hydrogen-bond donors (Lipinski definition) is 0. The van der Waals surface area contributed by atoms with Crippen molar-refractivity contribution in [2.75, 3.05) is 0 Å². The zero-order valence-electron chi connectivity index (χ0n) is 10.3. The van der Waals surface area contributed by atoms with Crippen molar-refractivity contribution in [1.29, 1.82) is 0 Å². The zero-order valence-corrected chi connectivity index (χ0v) is 11.1. The maximum atomic E-state index is 13.0. The largest absolute Gasteiger partial charge is 0.303 e. The van der Waals surface area contributed by atoms with Crippen molar-refractivity contribution in [3.8, 4) is 0 Å². The molecule has 4 heteroatoms. The van der Waals surface area contributed by atoms with Crippen molar-refractivity contribution in [1.82, 2.24) is 0 Å². The Bertz CT molecular complexity index is 694. The Kier molecular flexibility index (Phi) is 3.14. The molecule has 100 valence electrons. The number of fused-ring (bicyclic) bond motifs is 1. The van der Waals surface area contributed by atoms with E-state index >= 15 is 0 Å². The molecule has 0 spiro atoms. The van der Waals surface area contributed by atoms with E-state index in [0.717, 1.165) is 6.29 Å². The minimum absolute atomic E-state index is 0.125. The van der Waals surface area contributed by atoms with E-state index in [2.05, 4.69) is 0 Å². The zero-order chi connectivity index (χ0) is 14.3. The summed E-state index contributed by atoms with van der Waals surface area (Å²) in [5.74, 6) is -1.66. The van der Waals surface area contributed by atoms with Crippen molar-refractivity contribution in [3.05, 3.63) is 70.0 Å². The summed E-state index contributed by atoms with van der Waals surface area (Å²) in [5, 5.41) is 0.489. The second kappa shape index (κ2) is 4.84. The van der Waals surface area contributed by atoms with E-state index in [1.165, 1.54) is 12.1 Å². The molecule has 2 nitrogen and oxygen atoms in total. The lowest BCUT2D eigenvalue weighted by Gasteiger charge is -2.14. The summed E-state index contributed by atoms with van der Waals surface area (Å²) in [6, 6.07) is 10.6. The van der Waals surface area contributed by atoms with Gasteiger partial charge in [0, 0.05) is 10.6 Å². The van der Waals surface area contributed by atoms with Crippen molar-refractivity contribution in [2.24, 2.45) is 0 Å². The van der Waals surface area contributed by atoms with Gasteiger partial charge in [0.2, 0.25) is 0 Å². The molecule has 0 radical (unpaired) electrons. The lowest BCUT2D eigenvalue weighted by atomic mass is 9.87. The van der Waals surface area contributed by atoms with Gasteiger partial charge in [0.1, 0.15) is 12.1 Å². The van der Waals surface area contributed by atoms with Gasteiger partial charge < -0.3 is 4.79 Å².